The number of pyridine rings is 1. The van der Waals surface area contributed by atoms with E-state index >= 15 is 0 Å². The first-order valence-electron chi connectivity index (χ1n) is 13.8. The monoisotopic (exact) mass is 611 g/mol. The third kappa shape index (κ3) is 6.41. The first-order valence-corrected chi connectivity index (χ1v) is 14.5. The highest BCUT2D eigenvalue weighted by Crippen LogP contribution is 2.40. The van der Waals surface area contributed by atoms with Gasteiger partial charge in [-0.1, -0.05) is 41.4 Å². The summed E-state index contributed by atoms with van der Waals surface area (Å²) in [6.45, 7) is 7.86. The van der Waals surface area contributed by atoms with E-state index in [1.54, 1.807) is 26.3 Å². The number of carbonyl (C=O) groups excluding carboxylic acids is 1. The fraction of sp³-hybridized carbons (Fsp3) is 0.344. The minimum atomic E-state index is -0.539. The number of para-hydroxylation sites is 1. The van der Waals surface area contributed by atoms with Crippen molar-refractivity contribution in [1.29, 1.82) is 0 Å². The fourth-order valence-electron chi connectivity index (χ4n) is 5.33. The van der Waals surface area contributed by atoms with E-state index in [9.17, 15) is 14.7 Å². The van der Waals surface area contributed by atoms with Crippen molar-refractivity contribution < 1.29 is 19.4 Å². The molecule has 0 spiro atoms. The second-order valence-electron chi connectivity index (χ2n) is 10.2. The number of carbonyl (C=O) groups is 1. The van der Waals surface area contributed by atoms with E-state index in [2.05, 4.69) is 0 Å². The van der Waals surface area contributed by atoms with Crippen molar-refractivity contribution in [2.75, 3.05) is 20.3 Å². The summed E-state index contributed by atoms with van der Waals surface area (Å²) >= 11 is 12.7. The molecule has 2 aromatic heterocycles. The standard InChI is InChI=1S/C32H35Cl2N3O5/c1-6-42-32(40)28-29(37(19(2)3)30(35-28)24-9-7-8-10-27(24)41-5)25(23-12-11-22(33)15-20(23)4)16-21-17-26(34)31(39)36(18-21)13-14-38/h7-12,15,17-19,25,38H,6,13-14,16H2,1-5H3. The molecule has 0 bridgehead atoms. The van der Waals surface area contributed by atoms with Crippen molar-refractivity contribution in [3.63, 3.8) is 0 Å². The number of aromatic nitrogens is 3. The van der Waals surface area contributed by atoms with Crippen LogP contribution in [0.1, 0.15) is 65.6 Å². The first kappa shape index (κ1) is 31.3. The van der Waals surface area contributed by atoms with Gasteiger partial charge in [-0.3, -0.25) is 4.79 Å². The molecule has 0 aliphatic carbocycles. The highest BCUT2D eigenvalue weighted by atomic mass is 35.5. The lowest BCUT2D eigenvalue weighted by molar-refractivity contribution is 0.0518. The molecule has 4 aromatic rings. The average molecular weight is 613 g/mol. The van der Waals surface area contributed by atoms with E-state index in [4.69, 9.17) is 37.7 Å². The molecule has 1 atom stereocenters. The van der Waals surface area contributed by atoms with E-state index in [-0.39, 0.29) is 42.1 Å². The van der Waals surface area contributed by atoms with Crippen molar-refractivity contribution in [2.24, 2.45) is 0 Å². The normalized spacial score (nSPS) is 12.0. The Kier molecular flexibility index (Phi) is 10.1. The van der Waals surface area contributed by atoms with Gasteiger partial charge in [0, 0.05) is 29.7 Å². The zero-order valence-electron chi connectivity index (χ0n) is 24.4. The number of hydrogen-bond donors (Lipinski definition) is 1. The van der Waals surface area contributed by atoms with E-state index in [0.29, 0.717) is 28.7 Å². The number of ether oxygens (including phenoxy) is 2. The molecule has 0 fully saturated rings. The molecule has 0 aliphatic heterocycles. The molecule has 2 heterocycles. The average Bonchev–Trinajstić information content (AvgIpc) is 3.36. The maximum absolute atomic E-state index is 13.6. The van der Waals surface area contributed by atoms with E-state index < -0.39 is 11.9 Å². The molecule has 1 N–H and O–H groups in total. The highest BCUT2D eigenvalue weighted by molar-refractivity contribution is 6.30. The predicted molar refractivity (Wildman–Crippen MR) is 165 cm³/mol. The van der Waals surface area contributed by atoms with Gasteiger partial charge < -0.3 is 23.7 Å². The van der Waals surface area contributed by atoms with Gasteiger partial charge in [-0.2, -0.15) is 0 Å². The van der Waals surface area contributed by atoms with Gasteiger partial charge in [0.25, 0.3) is 5.56 Å². The Hall–Kier alpha value is -3.59. The Morgan fingerprint density at radius 2 is 1.86 bits per heavy atom. The lowest BCUT2D eigenvalue weighted by Gasteiger charge is -2.26. The number of aryl methyl sites for hydroxylation is 1. The van der Waals surface area contributed by atoms with Gasteiger partial charge >= 0.3 is 5.97 Å². The number of halogens is 2. The van der Waals surface area contributed by atoms with E-state index in [0.717, 1.165) is 22.3 Å². The number of nitrogens with zero attached hydrogens (tertiary/aromatic N) is 3. The van der Waals surface area contributed by atoms with Gasteiger partial charge in [-0.25, -0.2) is 9.78 Å². The third-order valence-corrected chi connectivity index (χ3v) is 7.60. The summed E-state index contributed by atoms with van der Waals surface area (Å²) in [5.74, 6) is 0.230. The molecule has 10 heteroatoms. The van der Waals surface area contributed by atoms with Crippen LogP contribution < -0.4 is 10.3 Å². The lowest BCUT2D eigenvalue weighted by Crippen LogP contribution is -2.23. The fourth-order valence-corrected chi connectivity index (χ4v) is 5.81. The molecule has 222 valence electrons. The third-order valence-electron chi connectivity index (χ3n) is 7.10. The molecule has 0 amide bonds. The van der Waals surface area contributed by atoms with Crippen molar-refractivity contribution in [2.45, 2.75) is 52.6 Å². The highest BCUT2D eigenvalue weighted by Gasteiger charge is 2.33. The number of aliphatic hydroxyl groups is 1. The number of aliphatic hydroxyl groups excluding tert-OH is 1. The van der Waals surface area contributed by atoms with Crippen LogP contribution in [0.25, 0.3) is 11.4 Å². The summed E-state index contributed by atoms with van der Waals surface area (Å²) < 4.78 is 14.6. The Balaban J connectivity index is 2.07. The minimum Gasteiger partial charge on any atom is -0.496 e. The molecule has 0 saturated carbocycles. The molecule has 0 saturated heterocycles. The van der Waals surface area contributed by atoms with Crippen molar-refractivity contribution >= 4 is 29.2 Å². The summed E-state index contributed by atoms with van der Waals surface area (Å²) in [6, 6.07) is 14.7. The van der Waals surface area contributed by atoms with Gasteiger partial charge in [0.1, 0.15) is 16.6 Å². The van der Waals surface area contributed by atoms with Crippen LogP contribution in [-0.4, -0.2) is 45.5 Å². The van der Waals surface area contributed by atoms with Crippen LogP contribution in [0.2, 0.25) is 10.0 Å². The Bertz CT molecular complexity index is 1640. The Morgan fingerprint density at radius 3 is 2.50 bits per heavy atom. The molecule has 0 aliphatic rings. The van der Waals surface area contributed by atoms with Crippen LogP contribution >= 0.6 is 23.2 Å². The lowest BCUT2D eigenvalue weighted by atomic mass is 9.85. The van der Waals surface area contributed by atoms with Gasteiger partial charge in [-0.15, -0.1) is 0 Å². The number of imidazole rings is 1. The zero-order valence-corrected chi connectivity index (χ0v) is 25.9. The van der Waals surface area contributed by atoms with Crippen molar-refractivity contribution in [1.82, 2.24) is 14.1 Å². The molecule has 4 rings (SSSR count). The predicted octanol–water partition coefficient (Wildman–Crippen LogP) is 6.46. The summed E-state index contributed by atoms with van der Waals surface area (Å²) in [5.41, 5.74) is 3.80. The molecule has 1 unspecified atom stereocenters. The maximum atomic E-state index is 13.6. The van der Waals surface area contributed by atoms with Gasteiger partial charge in [0.15, 0.2) is 5.69 Å². The molecular formula is C32H35Cl2N3O5. The van der Waals surface area contributed by atoms with Crippen LogP contribution in [0, 0.1) is 6.92 Å². The Morgan fingerprint density at radius 1 is 1.12 bits per heavy atom. The van der Waals surface area contributed by atoms with Gasteiger partial charge in [0.05, 0.1) is 31.6 Å². The van der Waals surface area contributed by atoms with E-state index in [1.165, 1.54) is 4.57 Å². The smallest absolute Gasteiger partial charge is 0.358 e. The quantitative estimate of drug-likeness (QED) is 0.196. The van der Waals surface area contributed by atoms with Gasteiger partial charge in [-0.05, 0) is 81.1 Å². The minimum absolute atomic E-state index is 0.0465. The summed E-state index contributed by atoms with van der Waals surface area (Å²) in [7, 11) is 1.60. The number of methoxy groups -OCH3 is 1. The van der Waals surface area contributed by atoms with Gasteiger partial charge in [0.2, 0.25) is 0 Å². The van der Waals surface area contributed by atoms with Crippen LogP contribution in [-0.2, 0) is 17.7 Å². The topological polar surface area (TPSA) is 95.6 Å². The van der Waals surface area contributed by atoms with Crippen LogP contribution in [0.4, 0.5) is 0 Å². The van der Waals surface area contributed by atoms with Crippen molar-refractivity contribution in [3.05, 3.63) is 103 Å². The number of esters is 1. The maximum Gasteiger partial charge on any atom is 0.358 e. The SMILES string of the molecule is CCOC(=O)c1nc(-c2ccccc2OC)n(C(C)C)c1C(Cc1cc(Cl)c(=O)n(CCO)c1)c1ccc(Cl)cc1C. The van der Waals surface area contributed by atoms with Crippen molar-refractivity contribution in [3.8, 4) is 17.1 Å². The summed E-state index contributed by atoms with van der Waals surface area (Å²) in [4.78, 5) is 31.1. The number of hydrogen-bond acceptors (Lipinski definition) is 6. The number of benzene rings is 2. The molecule has 42 heavy (non-hydrogen) atoms. The molecule has 2 aromatic carbocycles. The largest absolute Gasteiger partial charge is 0.496 e. The molecular weight excluding hydrogens is 577 g/mol. The van der Waals surface area contributed by atoms with E-state index in [1.807, 2.05) is 67.8 Å². The Labute approximate surface area is 255 Å². The van der Waals surface area contributed by atoms with Crippen LogP contribution in [0.5, 0.6) is 5.75 Å². The van der Waals surface area contributed by atoms with Crippen LogP contribution in [0.3, 0.4) is 0 Å². The zero-order chi connectivity index (χ0) is 30.6. The summed E-state index contributed by atoms with van der Waals surface area (Å²) in [6.07, 6.45) is 2.06. The first-order chi connectivity index (χ1) is 20.1. The second-order valence-corrected chi connectivity index (χ2v) is 11.1. The number of rotatable bonds is 11. The molecule has 0 radical (unpaired) electrons. The van der Waals surface area contributed by atoms with Crippen LogP contribution in [0.15, 0.2) is 59.5 Å². The summed E-state index contributed by atoms with van der Waals surface area (Å²) in [5, 5.41) is 10.2. The molecule has 8 nitrogen and oxygen atoms in total. The second kappa shape index (κ2) is 13.6.